The fourth-order valence-corrected chi connectivity index (χ4v) is 4.03. The minimum atomic E-state index is -1.25. The Morgan fingerprint density at radius 1 is 1.33 bits per heavy atom. The lowest BCUT2D eigenvalue weighted by Crippen LogP contribution is -2.33. The Bertz CT molecular complexity index is 1160. The number of pyridine rings is 1. The largest absolute Gasteiger partial charge is 0.496 e. The van der Waals surface area contributed by atoms with E-state index < -0.39 is 11.4 Å². The number of benzene rings is 1. The molecule has 2 aromatic rings. The van der Waals surface area contributed by atoms with E-state index in [1.807, 2.05) is 10.6 Å². The van der Waals surface area contributed by atoms with Crippen LogP contribution in [0.5, 0.6) is 5.75 Å². The SMILES string of the molecule is COc1cc2c(cc1C(=N)/N=C\NCCCO)CC(C(C)(C)C)n1cc(C(=O)O)c(=O)cc1-2. The number of aliphatic hydroxyl groups is 1. The number of nitrogens with zero attached hydrogens (tertiary/aromatic N) is 2. The van der Waals surface area contributed by atoms with Crippen LogP contribution in [0.25, 0.3) is 11.3 Å². The van der Waals surface area contributed by atoms with Crippen molar-refractivity contribution >= 4 is 18.1 Å². The number of carbonyl (C=O) groups is 1. The Morgan fingerprint density at radius 3 is 2.67 bits per heavy atom. The number of amidine groups is 1. The molecule has 0 amide bonds. The maximum Gasteiger partial charge on any atom is 0.341 e. The summed E-state index contributed by atoms with van der Waals surface area (Å²) >= 11 is 0. The number of carboxylic acid groups (broad SMARTS) is 1. The summed E-state index contributed by atoms with van der Waals surface area (Å²) in [6, 6.07) is 4.91. The van der Waals surface area contributed by atoms with Crippen LogP contribution in [-0.4, -0.2) is 53.2 Å². The van der Waals surface area contributed by atoms with Gasteiger partial charge in [0.05, 0.1) is 24.7 Å². The van der Waals surface area contributed by atoms with Crippen molar-refractivity contribution in [1.82, 2.24) is 9.88 Å². The smallest absolute Gasteiger partial charge is 0.341 e. The zero-order valence-corrected chi connectivity index (χ0v) is 19.3. The second-order valence-electron chi connectivity index (χ2n) is 9.08. The van der Waals surface area contributed by atoms with Gasteiger partial charge in [0.25, 0.3) is 0 Å². The first-order valence-corrected chi connectivity index (χ1v) is 10.7. The lowest BCUT2D eigenvalue weighted by molar-refractivity contribution is 0.0693. The quantitative estimate of drug-likeness (QED) is 0.288. The van der Waals surface area contributed by atoms with Crippen molar-refractivity contribution in [2.45, 2.75) is 39.7 Å². The van der Waals surface area contributed by atoms with Crippen molar-refractivity contribution in [3.05, 3.63) is 51.3 Å². The summed E-state index contributed by atoms with van der Waals surface area (Å²) < 4.78 is 7.40. The molecule has 1 unspecified atom stereocenters. The molecule has 1 aliphatic rings. The van der Waals surface area contributed by atoms with E-state index in [1.54, 1.807) is 6.07 Å². The first-order chi connectivity index (χ1) is 15.6. The molecule has 0 radical (unpaired) electrons. The molecule has 1 aromatic carbocycles. The van der Waals surface area contributed by atoms with Crippen LogP contribution in [0.15, 0.2) is 34.2 Å². The van der Waals surface area contributed by atoms with Gasteiger partial charge in [-0.1, -0.05) is 20.8 Å². The van der Waals surface area contributed by atoms with Crippen LogP contribution >= 0.6 is 0 Å². The Morgan fingerprint density at radius 2 is 2.06 bits per heavy atom. The number of ether oxygens (including phenoxy) is 1. The Labute approximate surface area is 192 Å². The summed E-state index contributed by atoms with van der Waals surface area (Å²) in [5.74, 6) is -0.801. The third kappa shape index (κ3) is 4.98. The van der Waals surface area contributed by atoms with Gasteiger partial charge in [-0.25, -0.2) is 9.79 Å². The van der Waals surface area contributed by atoms with Crippen molar-refractivity contribution < 1.29 is 19.7 Å². The van der Waals surface area contributed by atoms with Crippen LogP contribution in [0.4, 0.5) is 0 Å². The van der Waals surface area contributed by atoms with Gasteiger partial charge in [-0.15, -0.1) is 0 Å². The van der Waals surface area contributed by atoms with E-state index in [4.69, 9.17) is 15.3 Å². The molecule has 33 heavy (non-hydrogen) atoms. The highest BCUT2D eigenvalue weighted by atomic mass is 16.5. The van der Waals surface area contributed by atoms with E-state index in [9.17, 15) is 14.7 Å². The lowest BCUT2D eigenvalue weighted by Gasteiger charge is -2.39. The number of hydrogen-bond acceptors (Lipinski definition) is 5. The molecule has 1 atom stereocenters. The first kappa shape index (κ1) is 24.2. The maximum atomic E-state index is 12.5. The van der Waals surface area contributed by atoms with Gasteiger partial charge in [0, 0.05) is 37.0 Å². The third-order valence-electron chi connectivity index (χ3n) is 5.78. The van der Waals surface area contributed by atoms with Gasteiger partial charge in [0.2, 0.25) is 0 Å². The number of aliphatic hydroxyl groups excluding tert-OH is 1. The van der Waals surface area contributed by atoms with E-state index in [1.165, 1.54) is 25.7 Å². The lowest BCUT2D eigenvalue weighted by atomic mass is 9.78. The van der Waals surface area contributed by atoms with Gasteiger partial charge in [-0.2, -0.15) is 0 Å². The van der Waals surface area contributed by atoms with Crippen molar-refractivity contribution in [3.8, 4) is 17.0 Å². The van der Waals surface area contributed by atoms with E-state index in [-0.39, 0.29) is 29.5 Å². The molecule has 0 fully saturated rings. The normalized spacial score (nSPS) is 15.1. The monoisotopic (exact) mass is 454 g/mol. The second-order valence-corrected chi connectivity index (χ2v) is 9.08. The summed E-state index contributed by atoms with van der Waals surface area (Å²) in [7, 11) is 1.50. The highest BCUT2D eigenvalue weighted by Gasteiger charge is 2.34. The zero-order chi connectivity index (χ0) is 24.3. The summed E-state index contributed by atoms with van der Waals surface area (Å²) in [5, 5.41) is 29.6. The number of methoxy groups -OCH3 is 1. The molecule has 9 heteroatoms. The number of aromatic nitrogens is 1. The molecule has 0 bridgehead atoms. The minimum Gasteiger partial charge on any atom is -0.496 e. The number of aromatic carboxylic acids is 1. The van der Waals surface area contributed by atoms with Crippen LogP contribution in [-0.2, 0) is 6.42 Å². The molecule has 0 spiro atoms. The highest BCUT2D eigenvalue weighted by Crippen LogP contribution is 2.44. The van der Waals surface area contributed by atoms with E-state index in [0.29, 0.717) is 36.4 Å². The number of hydrogen-bond donors (Lipinski definition) is 4. The van der Waals surface area contributed by atoms with Gasteiger partial charge in [0.1, 0.15) is 11.3 Å². The number of carboxylic acids is 1. The van der Waals surface area contributed by atoms with Crippen LogP contribution in [0, 0.1) is 10.8 Å². The third-order valence-corrected chi connectivity index (χ3v) is 5.78. The van der Waals surface area contributed by atoms with E-state index in [2.05, 4.69) is 31.1 Å². The Hall–Kier alpha value is -3.46. The second kappa shape index (κ2) is 9.58. The molecule has 1 aromatic heterocycles. The number of aliphatic imine (C=N–C) groups is 1. The molecule has 0 aliphatic carbocycles. The predicted molar refractivity (Wildman–Crippen MR) is 127 cm³/mol. The minimum absolute atomic E-state index is 0.0163. The summed E-state index contributed by atoms with van der Waals surface area (Å²) in [4.78, 5) is 28.3. The van der Waals surface area contributed by atoms with Crippen LogP contribution < -0.4 is 15.5 Å². The fraction of sp³-hybridized carbons (Fsp3) is 0.417. The first-order valence-electron chi connectivity index (χ1n) is 10.7. The number of fused-ring (bicyclic) bond motifs is 3. The average Bonchev–Trinajstić information content (AvgIpc) is 2.76. The summed E-state index contributed by atoms with van der Waals surface area (Å²) in [6.45, 7) is 6.83. The zero-order valence-electron chi connectivity index (χ0n) is 19.3. The highest BCUT2D eigenvalue weighted by molar-refractivity contribution is 6.03. The van der Waals surface area contributed by atoms with Gasteiger partial charge in [-0.05, 0) is 36.0 Å². The number of rotatable bonds is 7. The molecule has 9 nitrogen and oxygen atoms in total. The van der Waals surface area contributed by atoms with Gasteiger partial charge < -0.3 is 24.8 Å². The van der Waals surface area contributed by atoms with Gasteiger partial charge in [-0.3, -0.25) is 10.2 Å². The summed E-state index contributed by atoms with van der Waals surface area (Å²) in [5.41, 5.74) is 1.80. The fourth-order valence-electron chi connectivity index (χ4n) is 4.03. The maximum absolute atomic E-state index is 12.5. The van der Waals surface area contributed by atoms with Crippen LogP contribution in [0.1, 0.15) is 54.7 Å². The number of nitrogens with one attached hydrogen (secondary N) is 2. The molecule has 176 valence electrons. The standard InChI is InChI=1S/C24H30N4O5/c1-24(2,3)21-9-14-8-16(22(25)27-13-26-6-5-7-29)20(33-4)10-15(14)18-11-19(30)17(23(31)32)12-28(18)21/h8,10-13,21,29H,5-7,9H2,1-4H3,(H,31,32)(H2,25,26,27). The van der Waals surface area contributed by atoms with Crippen molar-refractivity contribution in [1.29, 1.82) is 5.41 Å². The molecular weight excluding hydrogens is 424 g/mol. The molecular formula is C24H30N4O5. The molecule has 3 rings (SSSR count). The van der Waals surface area contributed by atoms with Crippen molar-refractivity contribution in [3.63, 3.8) is 0 Å². The van der Waals surface area contributed by atoms with Gasteiger partial charge >= 0.3 is 5.97 Å². The molecule has 4 N–H and O–H groups in total. The van der Waals surface area contributed by atoms with E-state index in [0.717, 1.165) is 11.1 Å². The summed E-state index contributed by atoms with van der Waals surface area (Å²) in [6.07, 6.45) is 4.04. The van der Waals surface area contributed by atoms with Crippen molar-refractivity contribution in [2.75, 3.05) is 20.3 Å². The van der Waals surface area contributed by atoms with E-state index >= 15 is 0 Å². The van der Waals surface area contributed by atoms with Crippen molar-refractivity contribution in [2.24, 2.45) is 10.4 Å². The average molecular weight is 455 g/mol. The molecule has 0 saturated heterocycles. The topological polar surface area (TPSA) is 137 Å². The van der Waals surface area contributed by atoms with Crippen LogP contribution in [0.2, 0.25) is 0 Å². The molecule has 0 saturated carbocycles. The van der Waals surface area contributed by atoms with Crippen LogP contribution in [0.3, 0.4) is 0 Å². The Balaban J connectivity index is 2.12. The molecule has 1 aliphatic heterocycles. The molecule has 2 heterocycles. The Kier molecular flexibility index (Phi) is 7.02. The predicted octanol–water partition coefficient (Wildman–Crippen LogP) is 2.69. The van der Waals surface area contributed by atoms with Gasteiger partial charge in [0.15, 0.2) is 11.3 Å².